The van der Waals surface area contributed by atoms with Crippen LogP contribution in [0.2, 0.25) is 0 Å². The summed E-state index contributed by atoms with van der Waals surface area (Å²) in [5, 5.41) is 8.98. The fourth-order valence-corrected chi connectivity index (χ4v) is 1.49. The molecule has 0 saturated carbocycles. The van der Waals surface area contributed by atoms with Gasteiger partial charge in [0.15, 0.2) is 0 Å². The van der Waals surface area contributed by atoms with Crippen LogP contribution in [-0.4, -0.2) is 28.5 Å². The average molecular weight is 303 g/mol. The van der Waals surface area contributed by atoms with Crippen molar-refractivity contribution >= 4 is 11.6 Å². The molecule has 0 saturated heterocycles. The van der Waals surface area contributed by atoms with E-state index in [1.165, 1.54) is 31.2 Å². The third-order valence-electron chi connectivity index (χ3n) is 2.51. The van der Waals surface area contributed by atoms with E-state index in [1.54, 1.807) is 5.32 Å². The minimum absolute atomic E-state index is 0.0243. The van der Waals surface area contributed by atoms with Crippen LogP contribution in [0.4, 0.5) is 23.2 Å². The zero-order valence-electron chi connectivity index (χ0n) is 10.6. The number of aryl methyl sites for hydroxylation is 1. The van der Waals surface area contributed by atoms with E-state index in [2.05, 4.69) is 10.2 Å². The number of aromatic nitrogens is 2. The van der Waals surface area contributed by atoms with Gasteiger partial charge in [-0.15, -0.1) is 10.2 Å². The molecule has 0 aliphatic heterocycles. The number of nitrogens with zero attached hydrogens (tertiary/aromatic N) is 2. The first kappa shape index (κ1) is 14.9. The van der Waals surface area contributed by atoms with Crippen molar-refractivity contribution in [2.24, 2.45) is 0 Å². The second-order valence-corrected chi connectivity index (χ2v) is 4.05. The molecule has 1 aromatic heterocycles. The maximum absolute atomic E-state index is 13.0. The molecule has 0 unspecified atom stereocenters. The Labute approximate surface area is 116 Å². The maximum atomic E-state index is 13.0. The molecule has 0 aliphatic carbocycles. The molecule has 1 heterocycles. The number of hydrogen-bond donors (Lipinski definition) is 1. The van der Waals surface area contributed by atoms with Crippen LogP contribution < -0.4 is 5.32 Å². The number of hydrogen-bond acceptors (Lipinski definition) is 4. The number of halogens is 4. The molecule has 0 aliphatic rings. The van der Waals surface area contributed by atoms with Gasteiger partial charge in [-0.25, -0.2) is 8.78 Å². The van der Waals surface area contributed by atoms with Crippen LogP contribution in [0.5, 0.6) is 0 Å². The van der Waals surface area contributed by atoms with Crippen LogP contribution in [-0.2, 0) is 4.79 Å². The van der Waals surface area contributed by atoms with Crippen molar-refractivity contribution in [3.63, 3.8) is 0 Å². The van der Waals surface area contributed by atoms with Crippen molar-refractivity contribution in [3.05, 3.63) is 30.2 Å². The predicted octanol–water partition coefficient (Wildman–Crippen LogP) is 2.88. The molecule has 112 valence electrons. The van der Waals surface area contributed by atoms with Crippen LogP contribution >= 0.6 is 0 Å². The average Bonchev–Trinajstić information content (AvgIpc) is 2.85. The standard InChI is InChI=1S/C12H9F4N3O2/c1-6-18-19-9(21-6)7-4-2-3-5-8(7)17-11(20)12(15,16)10(13)14/h2-5,10H,1H3,(H,17,20). The summed E-state index contributed by atoms with van der Waals surface area (Å²) in [6.45, 7) is 1.52. The zero-order valence-corrected chi connectivity index (χ0v) is 10.6. The van der Waals surface area contributed by atoms with E-state index in [-0.39, 0.29) is 23.0 Å². The number of amides is 1. The van der Waals surface area contributed by atoms with Crippen LogP contribution in [0, 0.1) is 6.92 Å². The Balaban J connectivity index is 2.32. The van der Waals surface area contributed by atoms with Gasteiger partial charge in [-0.3, -0.25) is 4.79 Å². The predicted molar refractivity (Wildman–Crippen MR) is 64.1 cm³/mol. The van der Waals surface area contributed by atoms with Gasteiger partial charge >= 0.3 is 18.3 Å². The molecule has 0 atom stereocenters. The summed E-state index contributed by atoms with van der Waals surface area (Å²) in [7, 11) is 0. The minimum atomic E-state index is -4.79. The third kappa shape index (κ3) is 3.01. The maximum Gasteiger partial charge on any atom is 0.383 e. The minimum Gasteiger partial charge on any atom is -0.421 e. The second kappa shape index (κ2) is 5.51. The number of carbonyl (C=O) groups is 1. The fourth-order valence-electron chi connectivity index (χ4n) is 1.49. The number of carbonyl (C=O) groups excluding carboxylic acids is 1. The molecular weight excluding hydrogens is 294 g/mol. The van der Waals surface area contributed by atoms with Crippen molar-refractivity contribution in [2.45, 2.75) is 19.3 Å². The van der Waals surface area contributed by atoms with E-state index < -0.39 is 18.3 Å². The number of alkyl halides is 4. The number of benzene rings is 1. The molecule has 2 aromatic rings. The number of rotatable bonds is 4. The molecule has 1 aromatic carbocycles. The van der Waals surface area contributed by atoms with Crippen molar-refractivity contribution in [1.29, 1.82) is 0 Å². The molecule has 0 bridgehead atoms. The Kier molecular flexibility index (Phi) is 3.92. The lowest BCUT2D eigenvalue weighted by molar-refractivity contribution is -0.163. The summed E-state index contributed by atoms with van der Waals surface area (Å²) < 4.78 is 55.3. The molecule has 1 amide bonds. The van der Waals surface area contributed by atoms with Gasteiger partial charge < -0.3 is 9.73 Å². The fraction of sp³-hybridized carbons (Fsp3) is 0.250. The monoisotopic (exact) mass is 303 g/mol. The molecule has 0 radical (unpaired) electrons. The Morgan fingerprint density at radius 3 is 2.52 bits per heavy atom. The smallest absolute Gasteiger partial charge is 0.383 e. The quantitative estimate of drug-likeness (QED) is 0.882. The molecule has 0 fully saturated rings. The lowest BCUT2D eigenvalue weighted by atomic mass is 10.1. The van der Waals surface area contributed by atoms with Gasteiger partial charge in [0.1, 0.15) is 0 Å². The summed E-state index contributed by atoms with van der Waals surface area (Å²) in [4.78, 5) is 11.3. The highest BCUT2D eigenvalue weighted by atomic mass is 19.3. The molecule has 1 N–H and O–H groups in total. The van der Waals surface area contributed by atoms with E-state index in [9.17, 15) is 22.4 Å². The van der Waals surface area contributed by atoms with E-state index in [0.717, 1.165) is 0 Å². The normalized spacial score (nSPS) is 11.7. The number of anilines is 1. The number of para-hydroxylation sites is 1. The Bertz CT molecular complexity index is 657. The SMILES string of the molecule is Cc1nnc(-c2ccccc2NC(=O)C(F)(F)C(F)F)o1. The van der Waals surface area contributed by atoms with Gasteiger partial charge in [-0.1, -0.05) is 12.1 Å². The van der Waals surface area contributed by atoms with Crippen molar-refractivity contribution < 1.29 is 26.8 Å². The highest BCUT2D eigenvalue weighted by Gasteiger charge is 2.49. The Morgan fingerprint density at radius 2 is 1.95 bits per heavy atom. The van der Waals surface area contributed by atoms with Crippen LogP contribution in [0.3, 0.4) is 0 Å². The summed E-state index contributed by atoms with van der Waals surface area (Å²) >= 11 is 0. The van der Waals surface area contributed by atoms with E-state index >= 15 is 0 Å². The molecule has 5 nitrogen and oxygen atoms in total. The Morgan fingerprint density at radius 1 is 1.29 bits per heavy atom. The van der Waals surface area contributed by atoms with Crippen LogP contribution in [0.1, 0.15) is 5.89 Å². The van der Waals surface area contributed by atoms with Crippen molar-refractivity contribution in [1.82, 2.24) is 10.2 Å². The molecule has 9 heteroatoms. The summed E-state index contributed by atoms with van der Waals surface area (Å²) in [6, 6.07) is 5.65. The van der Waals surface area contributed by atoms with Gasteiger partial charge in [-0.2, -0.15) is 8.78 Å². The third-order valence-corrected chi connectivity index (χ3v) is 2.51. The summed E-state index contributed by atoms with van der Waals surface area (Å²) in [5.74, 6) is -6.70. The molecule has 21 heavy (non-hydrogen) atoms. The first-order valence-electron chi connectivity index (χ1n) is 5.69. The summed E-state index contributed by atoms with van der Waals surface area (Å²) in [5.41, 5.74) is 0.0167. The second-order valence-electron chi connectivity index (χ2n) is 4.05. The van der Waals surface area contributed by atoms with Crippen LogP contribution in [0.15, 0.2) is 28.7 Å². The van der Waals surface area contributed by atoms with Gasteiger partial charge in [0.25, 0.3) is 0 Å². The topological polar surface area (TPSA) is 68.0 Å². The van der Waals surface area contributed by atoms with E-state index in [1.807, 2.05) is 0 Å². The van der Waals surface area contributed by atoms with E-state index in [4.69, 9.17) is 4.42 Å². The van der Waals surface area contributed by atoms with Gasteiger partial charge in [-0.05, 0) is 12.1 Å². The van der Waals surface area contributed by atoms with Crippen LogP contribution in [0.25, 0.3) is 11.5 Å². The first-order chi connectivity index (χ1) is 9.82. The Hall–Kier alpha value is -2.45. The molecule has 2 rings (SSSR count). The largest absolute Gasteiger partial charge is 0.421 e. The van der Waals surface area contributed by atoms with Gasteiger partial charge in [0, 0.05) is 6.92 Å². The van der Waals surface area contributed by atoms with Crippen molar-refractivity contribution in [3.8, 4) is 11.5 Å². The number of nitrogens with one attached hydrogen (secondary N) is 1. The van der Waals surface area contributed by atoms with Crippen molar-refractivity contribution in [2.75, 3.05) is 5.32 Å². The summed E-state index contributed by atoms with van der Waals surface area (Å²) in [6.07, 6.45) is -4.10. The highest BCUT2D eigenvalue weighted by molar-refractivity contribution is 5.99. The lowest BCUT2D eigenvalue weighted by Gasteiger charge is -2.15. The van der Waals surface area contributed by atoms with Gasteiger partial charge in [0.05, 0.1) is 11.3 Å². The highest BCUT2D eigenvalue weighted by Crippen LogP contribution is 2.29. The molecule has 0 spiro atoms. The van der Waals surface area contributed by atoms with Gasteiger partial charge in [0.2, 0.25) is 11.8 Å². The lowest BCUT2D eigenvalue weighted by Crippen LogP contribution is -2.41. The zero-order chi connectivity index (χ0) is 15.6. The first-order valence-corrected chi connectivity index (χ1v) is 5.69. The molecular formula is C12H9F4N3O2. The van der Waals surface area contributed by atoms with E-state index in [0.29, 0.717) is 0 Å².